The average Bonchev–Trinajstić information content (AvgIpc) is 3.01. The van der Waals surface area contributed by atoms with Crippen LogP contribution in [0.1, 0.15) is 42.3 Å². The molecule has 0 aliphatic rings. The molecule has 132 valence electrons. The number of aldehydes is 1. The van der Waals surface area contributed by atoms with Gasteiger partial charge in [-0.05, 0) is 78.8 Å². The minimum Gasteiger partial charge on any atom is -0.478 e. The van der Waals surface area contributed by atoms with E-state index in [1.165, 1.54) is 11.3 Å². The second-order valence-electron chi connectivity index (χ2n) is 6.60. The van der Waals surface area contributed by atoms with Gasteiger partial charge in [0.15, 0.2) is 6.29 Å². The van der Waals surface area contributed by atoms with Crippen LogP contribution in [-0.4, -0.2) is 17.4 Å². The largest absolute Gasteiger partial charge is 0.478 e. The summed E-state index contributed by atoms with van der Waals surface area (Å²) < 4.78 is 0. The Balaban J connectivity index is 2.11. The molecule has 3 nitrogen and oxygen atoms in total. The molecule has 0 aliphatic heterocycles. The molecule has 3 rings (SSSR count). The maximum Gasteiger partial charge on any atom is 0.336 e. The van der Waals surface area contributed by atoms with Gasteiger partial charge in [-0.15, -0.1) is 11.3 Å². The SMILES string of the molecule is Cc1cc(-c2cc(C)c(-c3ccc(C=O)s3)c(C)c2)cc(C)c1C(=O)O. The summed E-state index contributed by atoms with van der Waals surface area (Å²) in [6, 6.07) is 11.9. The Labute approximate surface area is 156 Å². The molecule has 0 radical (unpaired) electrons. The van der Waals surface area contributed by atoms with E-state index in [0.717, 1.165) is 55.0 Å². The number of aryl methyl sites for hydroxylation is 4. The number of rotatable bonds is 4. The van der Waals surface area contributed by atoms with Crippen molar-refractivity contribution in [2.24, 2.45) is 0 Å². The Morgan fingerprint density at radius 1 is 0.885 bits per heavy atom. The lowest BCUT2D eigenvalue weighted by molar-refractivity contribution is 0.0695. The number of hydrogen-bond donors (Lipinski definition) is 1. The number of hydrogen-bond acceptors (Lipinski definition) is 3. The average molecular weight is 364 g/mol. The molecule has 1 N–H and O–H groups in total. The number of carbonyl (C=O) groups excluding carboxylic acids is 1. The van der Waals surface area contributed by atoms with Crippen LogP contribution in [0.3, 0.4) is 0 Å². The Hall–Kier alpha value is -2.72. The van der Waals surface area contributed by atoms with E-state index in [-0.39, 0.29) is 0 Å². The monoisotopic (exact) mass is 364 g/mol. The number of benzene rings is 2. The first-order valence-electron chi connectivity index (χ1n) is 8.33. The second kappa shape index (κ2) is 6.89. The predicted molar refractivity (Wildman–Crippen MR) is 106 cm³/mol. The lowest BCUT2D eigenvalue weighted by Gasteiger charge is -2.14. The van der Waals surface area contributed by atoms with Crippen molar-refractivity contribution in [1.82, 2.24) is 0 Å². The molecule has 2 aromatic carbocycles. The number of aromatic carboxylic acids is 1. The second-order valence-corrected chi connectivity index (χ2v) is 7.71. The van der Waals surface area contributed by atoms with E-state index in [0.29, 0.717) is 5.56 Å². The van der Waals surface area contributed by atoms with Gasteiger partial charge in [0.1, 0.15) is 0 Å². The smallest absolute Gasteiger partial charge is 0.336 e. The van der Waals surface area contributed by atoms with Crippen molar-refractivity contribution in [1.29, 1.82) is 0 Å². The topological polar surface area (TPSA) is 54.4 Å². The predicted octanol–water partition coefficient (Wildman–Crippen LogP) is 5.83. The minimum atomic E-state index is -0.891. The molecule has 3 aromatic rings. The molecule has 0 fully saturated rings. The minimum absolute atomic E-state index is 0.374. The van der Waals surface area contributed by atoms with Gasteiger partial charge in [-0.2, -0.15) is 0 Å². The number of carbonyl (C=O) groups is 2. The lowest BCUT2D eigenvalue weighted by atomic mass is 9.91. The molecule has 0 saturated carbocycles. The van der Waals surface area contributed by atoms with Gasteiger partial charge in [-0.3, -0.25) is 4.79 Å². The molecular weight excluding hydrogens is 344 g/mol. The van der Waals surface area contributed by atoms with Crippen LogP contribution in [0, 0.1) is 27.7 Å². The molecule has 0 spiro atoms. The lowest BCUT2D eigenvalue weighted by Crippen LogP contribution is -2.03. The summed E-state index contributed by atoms with van der Waals surface area (Å²) in [7, 11) is 0. The highest BCUT2D eigenvalue weighted by molar-refractivity contribution is 7.17. The molecule has 0 atom stereocenters. The third kappa shape index (κ3) is 3.20. The zero-order chi connectivity index (χ0) is 19.0. The Morgan fingerprint density at radius 3 is 1.81 bits per heavy atom. The standard InChI is InChI=1S/C22H20O3S/c1-12-7-16(17-9-14(3)21(22(24)25)15(4)10-17)8-13(2)20(12)19-6-5-18(11-23)26-19/h5-11H,1-4H3,(H,24,25). The van der Waals surface area contributed by atoms with E-state index in [2.05, 4.69) is 26.0 Å². The normalized spacial score (nSPS) is 10.8. The van der Waals surface area contributed by atoms with Gasteiger partial charge >= 0.3 is 5.97 Å². The van der Waals surface area contributed by atoms with Gasteiger partial charge in [0, 0.05) is 4.88 Å². The molecular formula is C22H20O3S. The molecule has 1 aromatic heterocycles. The maximum absolute atomic E-state index is 11.4. The van der Waals surface area contributed by atoms with Gasteiger partial charge in [0.25, 0.3) is 0 Å². The number of thiophene rings is 1. The summed E-state index contributed by atoms with van der Waals surface area (Å²) in [5.41, 5.74) is 7.41. The summed E-state index contributed by atoms with van der Waals surface area (Å²) in [6.07, 6.45) is 0.878. The summed E-state index contributed by atoms with van der Waals surface area (Å²) in [4.78, 5) is 24.2. The molecule has 0 unspecified atom stereocenters. The summed E-state index contributed by atoms with van der Waals surface area (Å²) in [6.45, 7) is 7.80. The van der Waals surface area contributed by atoms with Crippen LogP contribution in [0.4, 0.5) is 0 Å². The van der Waals surface area contributed by atoms with Crippen LogP contribution < -0.4 is 0 Å². The van der Waals surface area contributed by atoms with Crippen molar-refractivity contribution in [3.8, 4) is 21.6 Å². The first kappa shape index (κ1) is 18.1. The van der Waals surface area contributed by atoms with Crippen molar-refractivity contribution in [2.75, 3.05) is 0 Å². The molecule has 0 aliphatic carbocycles. The first-order valence-corrected chi connectivity index (χ1v) is 9.15. The first-order chi connectivity index (χ1) is 12.3. The Bertz CT molecular complexity index is 982. The van der Waals surface area contributed by atoms with Gasteiger partial charge in [0.2, 0.25) is 0 Å². The Kier molecular flexibility index (Phi) is 4.79. The summed E-state index contributed by atoms with van der Waals surface area (Å²) in [5, 5.41) is 9.36. The van der Waals surface area contributed by atoms with Crippen LogP contribution in [-0.2, 0) is 0 Å². The highest BCUT2D eigenvalue weighted by Gasteiger charge is 2.15. The van der Waals surface area contributed by atoms with E-state index >= 15 is 0 Å². The fraction of sp³-hybridized carbons (Fsp3) is 0.182. The van der Waals surface area contributed by atoms with E-state index in [9.17, 15) is 14.7 Å². The van der Waals surface area contributed by atoms with Crippen LogP contribution >= 0.6 is 11.3 Å². The summed E-state index contributed by atoms with van der Waals surface area (Å²) in [5.74, 6) is -0.891. The van der Waals surface area contributed by atoms with Gasteiger partial charge in [0.05, 0.1) is 10.4 Å². The number of carboxylic acid groups (broad SMARTS) is 1. The highest BCUT2D eigenvalue weighted by Crippen LogP contribution is 2.36. The van der Waals surface area contributed by atoms with Crippen LogP contribution in [0.25, 0.3) is 21.6 Å². The molecule has 1 heterocycles. The van der Waals surface area contributed by atoms with Crippen molar-refractivity contribution in [3.63, 3.8) is 0 Å². The third-order valence-electron chi connectivity index (χ3n) is 4.60. The van der Waals surface area contributed by atoms with Gasteiger partial charge in [-0.25, -0.2) is 4.79 Å². The molecule has 0 saturated heterocycles. The van der Waals surface area contributed by atoms with E-state index < -0.39 is 5.97 Å². The maximum atomic E-state index is 11.4. The van der Waals surface area contributed by atoms with E-state index in [1.807, 2.05) is 38.1 Å². The van der Waals surface area contributed by atoms with Crippen molar-refractivity contribution >= 4 is 23.6 Å². The highest BCUT2D eigenvalue weighted by atomic mass is 32.1. The van der Waals surface area contributed by atoms with Crippen LogP contribution in [0.15, 0.2) is 36.4 Å². The van der Waals surface area contributed by atoms with Crippen LogP contribution in [0.5, 0.6) is 0 Å². The molecule has 0 bridgehead atoms. The van der Waals surface area contributed by atoms with E-state index in [4.69, 9.17) is 0 Å². The fourth-order valence-corrected chi connectivity index (χ4v) is 4.54. The molecule has 0 amide bonds. The molecule has 4 heteroatoms. The zero-order valence-electron chi connectivity index (χ0n) is 15.2. The number of carboxylic acids is 1. The van der Waals surface area contributed by atoms with Crippen molar-refractivity contribution < 1.29 is 14.7 Å². The van der Waals surface area contributed by atoms with Crippen molar-refractivity contribution in [3.05, 3.63) is 69.1 Å². The van der Waals surface area contributed by atoms with Gasteiger partial charge in [-0.1, -0.05) is 24.3 Å². The Morgan fingerprint density at radius 2 is 1.38 bits per heavy atom. The van der Waals surface area contributed by atoms with Crippen molar-refractivity contribution in [2.45, 2.75) is 27.7 Å². The quantitative estimate of drug-likeness (QED) is 0.593. The van der Waals surface area contributed by atoms with E-state index in [1.54, 1.807) is 0 Å². The van der Waals surface area contributed by atoms with Gasteiger partial charge < -0.3 is 5.11 Å². The molecule has 26 heavy (non-hydrogen) atoms. The zero-order valence-corrected chi connectivity index (χ0v) is 16.0. The summed E-state index contributed by atoms with van der Waals surface area (Å²) >= 11 is 1.49. The van der Waals surface area contributed by atoms with Crippen LogP contribution in [0.2, 0.25) is 0 Å². The fourth-order valence-electron chi connectivity index (χ4n) is 3.54. The third-order valence-corrected chi connectivity index (χ3v) is 5.63.